The molecule has 3 aromatic carbocycles. The van der Waals surface area contributed by atoms with Crippen LogP contribution >= 0.6 is 0 Å². The van der Waals surface area contributed by atoms with E-state index in [4.69, 9.17) is 15.2 Å². The van der Waals surface area contributed by atoms with E-state index in [1.807, 2.05) is 12.1 Å². The summed E-state index contributed by atoms with van der Waals surface area (Å²) in [7, 11) is -1.13. The van der Waals surface area contributed by atoms with E-state index < -0.39 is 20.6 Å². The van der Waals surface area contributed by atoms with Gasteiger partial charge >= 0.3 is 0 Å². The maximum atomic E-state index is 13.9. The van der Waals surface area contributed by atoms with E-state index in [1.165, 1.54) is 24.3 Å². The highest BCUT2D eigenvalue weighted by atomic mass is 32.2. The Morgan fingerprint density at radius 2 is 1.38 bits per heavy atom. The van der Waals surface area contributed by atoms with Crippen molar-refractivity contribution in [2.75, 3.05) is 14.2 Å². The second kappa shape index (κ2) is 10.1. The molecule has 0 saturated carbocycles. The first-order chi connectivity index (χ1) is 18.8. The predicted octanol–water partition coefficient (Wildman–Crippen LogP) is 4.08. The number of hydrogen-bond acceptors (Lipinski definition) is 7. The second-order valence-corrected chi connectivity index (χ2v) is 10.6. The summed E-state index contributed by atoms with van der Waals surface area (Å²) in [5, 5.41) is 0. The average Bonchev–Trinajstić information content (AvgIpc) is 3.25. The summed E-state index contributed by atoms with van der Waals surface area (Å²) in [4.78, 5) is 27.4. The molecule has 2 aliphatic heterocycles. The third-order valence-corrected chi connectivity index (χ3v) is 8.31. The van der Waals surface area contributed by atoms with Crippen molar-refractivity contribution < 1.29 is 27.5 Å². The van der Waals surface area contributed by atoms with Crippen LogP contribution in [-0.2, 0) is 19.4 Å². The number of allylic oxidation sites excluding steroid dienone is 4. The third-order valence-electron chi connectivity index (χ3n) is 6.44. The number of fused-ring (bicyclic) bond motifs is 1. The molecule has 3 aromatic rings. The molecule has 8 nitrogen and oxygen atoms in total. The van der Waals surface area contributed by atoms with Gasteiger partial charge in [0.1, 0.15) is 16.4 Å². The zero-order valence-electron chi connectivity index (χ0n) is 21.1. The smallest absolute Gasteiger partial charge is 0.261 e. The lowest BCUT2D eigenvalue weighted by atomic mass is 9.98. The summed E-state index contributed by atoms with van der Waals surface area (Å²) in [5.74, 6) is -0.168. The number of ether oxygens (including phenoxy) is 2. The molecular formula is C30H24N2O6S. The van der Waals surface area contributed by atoms with Gasteiger partial charge in [0.25, 0.3) is 5.91 Å². The van der Waals surface area contributed by atoms with E-state index in [0.29, 0.717) is 28.3 Å². The molecule has 0 atom stereocenters. The molecule has 0 radical (unpaired) electrons. The molecule has 0 fully saturated rings. The number of sulfone groups is 1. The van der Waals surface area contributed by atoms with E-state index >= 15 is 0 Å². The molecule has 9 heteroatoms. The first-order valence-electron chi connectivity index (χ1n) is 11.9. The molecule has 0 spiro atoms. The molecule has 0 bridgehead atoms. The minimum atomic E-state index is -4.25. The highest BCUT2D eigenvalue weighted by molar-refractivity contribution is 7.96. The summed E-state index contributed by atoms with van der Waals surface area (Å²) in [6.45, 7) is 0. The summed E-state index contributed by atoms with van der Waals surface area (Å²) in [6.07, 6.45) is 4.43. The summed E-state index contributed by atoms with van der Waals surface area (Å²) in [5.41, 5.74) is 8.18. The highest BCUT2D eigenvalue weighted by Gasteiger charge is 2.38. The molecule has 0 aromatic heterocycles. The van der Waals surface area contributed by atoms with E-state index in [2.05, 4.69) is 0 Å². The van der Waals surface area contributed by atoms with Gasteiger partial charge in [0, 0.05) is 11.8 Å². The van der Waals surface area contributed by atoms with Crippen LogP contribution in [0.2, 0.25) is 0 Å². The maximum absolute atomic E-state index is 13.9. The molecule has 0 unspecified atom stereocenters. The number of nitrogens with two attached hydrogens (primary N) is 1. The van der Waals surface area contributed by atoms with Gasteiger partial charge in [0.2, 0.25) is 15.6 Å². The van der Waals surface area contributed by atoms with Gasteiger partial charge in [-0.3, -0.25) is 9.59 Å². The number of primary amides is 1. The third kappa shape index (κ3) is 4.53. The van der Waals surface area contributed by atoms with Crippen LogP contribution in [-0.4, -0.2) is 39.2 Å². The predicted molar refractivity (Wildman–Crippen MR) is 147 cm³/mol. The number of rotatable bonds is 7. The van der Waals surface area contributed by atoms with Gasteiger partial charge in [0.15, 0.2) is 0 Å². The van der Waals surface area contributed by atoms with Gasteiger partial charge in [-0.25, -0.2) is 8.42 Å². The number of carbonyl (C=O) groups is 2. The van der Waals surface area contributed by atoms with Crippen LogP contribution in [0.3, 0.4) is 0 Å². The molecule has 2 N–H and O–H groups in total. The number of methoxy groups -OCH3 is 2. The Morgan fingerprint density at radius 1 is 0.821 bits per heavy atom. The van der Waals surface area contributed by atoms with Gasteiger partial charge in [-0.2, -0.15) is 0 Å². The van der Waals surface area contributed by atoms with Gasteiger partial charge in [0.05, 0.1) is 36.1 Å². The van der Waals surface area contributed by atoms with Crippen molar-refractivity contribution in [2.24, 2.45) is 5.73 Å². The molecule has 39 heavy (non-hydrogen) atoms. The molecule has 0 aliphatic carbocycles. The molecule has 5 rings (SSSR count). The van der Waals surface area contributed by atoms with Crippen molar-refractivity contribution >= 4 is 32.8 Å². The molecule has 2 heterocycles. The Kier molecular flexibility index (Phi) is 6.67. The lowest BCUT2D eigenvalue weighted by Crippen LogP contribution is -2.24. The monoisotopic (exact) mass is 540 g/mol. The quantitative estimate of drug-likeness (QED) is 0.449. The largest absolute Gasteiger partial charge is 0.497 e. The Labute approximate surface area is 225 Å². The number of carbonyl (C=O) groups excluding carboxylic acids is 2. The van der Waals surface area contributed by atoms with Gasteiger partial charge in [-0.15, -0.1) is 0 Å². The number of ketones is 1. The molecular weight excluding hydrogens is 516 g/mol. The molecule has 196 valence electrons. The maximum Gasteiger partial charge on any atom is 0.261 e. The fourth-order valence-electron chi connectivity index (χ4n) is 4.57. The summed E-state index contributed by atoms with van der Waals surface area (Å²) < 4.78 is 37.3. The van der Waals surface area contributed by atoms with Gasteiger partial charge < -0.3 is 20.1 Å². The standard InChI is InChI=1S/C30H24N2O6S/c1-37-22-12-8-19(9-13-22)26-27(20-10-14-23(38-2)15-11-20)32-17-16-21(18-25(32)28(26)33)29(30(31)34)39(35,36)24-6-4-3-5-7-24/h3-18H,1-2H3,(H2,31,34). The van der Waals surface area contributed by atoms with E-state index in [-0.39, 0.29) is 21.9 Å². The van der Waals surface area contributed by atoms with Crippen LogP contribution in [0.1, 0.15) is 11.1 Å². The van der Waals surface area contributed by atoms with Crippen molar-refractivity contribution in [3.05, 3.63) is 125 Å². The lowest BCUT2D eigenvalue weighted by molar-refractivity contribution is -0.114. The van der Waals surface area contributed by atoms with Crippen LogP contribution in [0.15, 0.2) is 118 Å². The molecule has 0 saturated heterocycles. The Morgan fingerprint density at radius 3 is 1.92 bits per heavy atom. The SMILES string of the molecule is COc1ccc(C2=C(c3ccc(OC)cc3)N3C=CC(=C(C(N)=O)S(=O)(=O)c4ccccc4)C=C3C2=O)cc1. The Bertz CT molecular complexity index is 1700. The number of hydrogen-bond donors (Lipinski definition) is 1. The Hall–Kier alpha value is -4.89. The second-order valence-electron chi connectivity index (χ2n) is 8.69. The van der Waals surface area contributed by atoms with Crippen LogP contribution in [0.25, 0.3) is 11.3 Å². The van der Waals surface area contributed by atoms with Gasteiger partial charge in [-0.1, -0.05) is 30.3 Å². The first kappa shape index (κ1) is 25.7. The van der Waals surface area contributed by atoms with Crippen molar-refractivity contribution in [1.82, 2.24) is 4.90 Å². The number of Topliss-reactive ketones (excluding diaryl/α,β-unsaturated/α-hetero) is 1. The van der Waals surface area contributed by atoms with Gasteiger partial charge in [-0.05, 0) is 71.8 Å². The van der Waals surface area contributed by atoms with Crippen LogP contribution < -0.4 is 15.2 Å². The normalized spacial score (nSPS) is 16.1. The topological polar surface area (TPSA) is 116 Å². The lowest BCUT2D eigenvalue weighted by Gasteiger charge is -2.23. The fourth-order valence-corrected chi connectivity index (χ4v) is 6.03. The number of amides is 1. The van der Waals surface area contributed by atoms with Crippen molar-refractivity contribution in [2.45, 2.75) is 4.90 Å². The van der Waals surface area contributed by atoms with Crippen molar-refractivity contribution in [3.8, 4) is 11.5 Å². The van der Waals surface area contributed by atoms with E-state index in [1.54, 1.807) is 79.9 Å². The zero-order valence-corrected chi connectivity index (χ0v) is 21.9. The highest BCUT2D eigenvalue weighted by Crippen LogP contribution is 2.44. The summed E-state index contributed by atoms with van der Waals surface area (Å²) >= 11 is 0. The number of benzene rings is 3. The number of nitrogens with zero attached hydrogens (tertiary/aromatic N) is 1. The van der Waals surface area contributed by atoms with Crippen molar-refractivity contribution in [3.63, 3.8) is 0 Å². The van der Waals surface area contributed by atoms with Crippen molar-refractivity contribution in [1.29, 1.82) is 0 Å². The van der Waals surface area contributed by atoms with E-state index in [0.717, 1.165) is 5.56 Å². The zero-order chi connectivity index (χ0) is 27.7. The molecule has 1 amide bonds. The Balaban J connectivity index is 1.69. The first-order valence-corrected chi connectivity index (χ1v) is 13.4. The molecule has 2 aliphatic rings. The fraction of sp³-hybridized carbons (Fsp3) is 0.0667. The minimum Gasteiger partial charge on any atom is -0.497 e. The van der Waals surface area contributed by atoms with Crippen LogP contribution in [0.4, 0.5) is 0 Å². The van der Waals surface area contributed by atoms with Crippen LogP contribution in [0, 0.1) is 0 Å². The average molecular weight is 541 g/mol. The minimum absolute atomic E-state index is 0.0241. The van der Waals surface area contributed by atoms with E-state index in [9.17, 15) is 18.0 Å². The van der Waals surface area contributed by atoms with Crippen LogP contribution in [0.5, 0.6) is 11.5 Å². The summed E-state index contributed by atoms with van der Waals surface area (Å²) in [6, 6.07) is 21.9.